The van der Waals surface area contributed by atoms with Crippen molar-refractivity contribution in [2.24, 2.45) is 0 Å². The Bertz CT molecular complexity index is 382. The molecule has 2 saturated heterocycles. The molecule has 126 valence electrons. The van der Waals surface area contributed by atoms with E-state index in [9.17, 15) is 9.59 Å². The van der Waals surface area contributed by atoms with Crippen LogP contribution < -0.4 is 10.6 Å². The highest BCUT2D eigenvalue weighted by Gasteiger charge is 2.35. The highest BCUT2D eigenvalue weighted by atomic mass is 32.2. The molecule has 2 amide bonds. The topological polar surface area (TPSA) is 79.9 Å². The maximum atomic E-state index is 11.8. The normalized spacial score (nSPS) is 25.9. The molecule has 0 bridgehead atoms. The molecule has 8 heteroatoms. The number of carbonyl (C=O) groups excluding carboxylic acids is 2. The van der Waals surface area contributed by atoms with Gasteiger partial charge >= 0.3 is 11.8 Å². The van der Waals surface area contributed by atoms with Gasteiger partial charge < -0.3 is 20.1 Å². The first-order valence-corrected chi connectivity index (χ1v) is 8.80. The molecule has 1 atom stereocenters. The zero-order valence-electron chi connectivity index (χ0n) is 13.1. The van der Waals surface area contributed by atoms with E-state index in [0.717, 1.165) is 50.8 Å². The van der Waals surface area contributed by atoms with Gasteiger partial charge in [0.1, 0.15) is 0 Å². The Hall–Kier alpha value is -0.830. The van der Waals surface area contributed by atoms with Gasteiger partial charge in [-0.25, -0.2) is 0 Å². The summed E-state index contributed by atoms with van der Waals surface area (Å²) in [5.41, 5.74) is -0.325. The summed E-state index contributed by atoms with van der Waals surface area (Å²) in [4.78, 5) is 25.8. The number of methoxy groups -OCH3 is 1. The summed E-state index contributed by atoms with van der Waals surface area (Å²) in [7, 11) is 1.65. The van der Waals surface area contributed by atoms with E-state index in [0.29, 0.717) is 13.1 Å². The fraction of sp³-hybridized carbons (Fsp3) is 0.857. The molecule has 2 aliphatic heterocycles. The van der Waals surface area contributed by atoms with Gasteiger partial charge in [0.2, 0.25) is 0 Å². The molecule has 0 saturated carbocycles. The summed E-state index contributed by atoms with van der Waals surface area (Å²) in [6.45, 7) is 4.79. The first kappa shape index (κ1) is 17.5. The van der Waals surface area contributed by atoms with Crippen LogP contribution >= 0.6 is 11.8 Å². The van der Waals surface area contributed by atoms with Crippen LogP contribution in [-0.2, 0) is 19.1 Å². The predicted molar refractivity (Wildman–Crippen MR) is 85.0 cm³/mol. The zero-order valence-corrected chi connectivity index (χ0v) is 13.9. The van der Waals surface area contributed by atoms with E-state index in [2.05, 4.69) is 15.5 Å². The smallest absolute Gasteiger partial charge is 0.309 e. The number of rotatable bonds is 6. The van der Waals surface area contributed by atoms with Gasteiger partial charge in [-0.3, -0.25) is 14.5 Å². The minimum atomic E-state index is -0.588. The van der Waals surface area contributed by atoms with E-state index < -0.39 is 11.8 Å². The number of thioether (sulfide) groups is 1. The fourth-order valence-corrected chi connectivity index (χ4v) is 3.91. The standard InChI is InChI=1S/C14H25N3O4S/c1-20-14(2-9-22-11-14)10-16-13(19)12(18)15-3-4-17-5-7-21-8-6-17/h2-11H2,1H3,(H,15,18)(H,16,19). The largest absolute Gasteiger partial charge is 0.379 e. The van der Waals surface area contributed by atoms with Gasteiger partial charge in [-0.05, 0) is 12.2 Å². The van der Waals surface area contributed by atoms with Crippen LogP contribution in [0, 0.1) is 0 Å². The average molecular weight is 331 g/mol. The van der Waals surface area contributed by atoms with Crippen LogP contribution in [0.2, 0.25) is 0 Å². The van der Waals surface area contributed by atoms with Crippen molar-refractivity contribution in [3.05, 3.63) is 0 Å². The van der Waals surface area contributed by atoms with Crippen molar-refractivity contribution in [1.29, 1.82) is 0 Å². The quantitative estimate of drug-likeness (QED) is 0.613. The molecule has 0 radical (unpaired) electrons. The van der Waals surface area contributed by atoms with Crippen molar-refractivity contribution in [2.75, 3.05) is 64.6 Å². The third kappa shape index (κ3) is 5.12. The molecule has 1 unspecified atom stereocenters. The van der Waals surface area contributed by atoms with E-state index in [1.807, 2.05) is 0 Å². The molecule has 22 heavy (non-hydrogen) atoms. The summed E-state index contributed by atoms with van der Waals surface area (Å²) >= 11 is 1.80. The van der Waals surface area contributed by atoms with E-state index >= 15 is 0 Å². The van der Waals surface area contributed by atoms with Gasteiger partial charge in [0, 0.05) is 45.6 Å². The van der Waals surface area contributed by atoms with Gasteiger partial charge in [-0.2, -0.15) is 11.8 Å². The maximum absolute atomic E-state index is 11.8. The second-order valence-electron chi connectivity index (χ2n) is 5.58. The molecular weight excluding hydrogens is 306 g/mol. The van der Waals surface area contributed by atoms with Crippen LogP contribution in [0.1, 0.15) is 6.42 Å². The van der Waals surface area contributed by atoms with Crippen LogP contribution in [0.5, 0.6) is 0 Å². The van der Waals surface area contributed by atoms with E-state index in [4.69, 9.17) is 9.47 Å². The summed E-state index contributed by atoms with van der Waals surface area (Å²) in [6.07, 6.45) is 0.896. The molecule has 0 aromatic rings. The lowest BCUT2D eigenvalue weighted by Crippen LogP contribution is -2.49. The SMILES string of the molecule is COC1(CNC(=O)C(=O)NCCN2CCOCC2)CCSC1. The summed E-state index contributed by atoms with van der Waals surface area (Å²) < 4.78 is 10.8. The number of nitrogens with one attached hydrogen (secondary N) is 2. The highest BCUT2D eigenvalue weighted by molar-refractivity contribution is 7.99. The number of hydrogen-bond acceptors (Lipinski definition) is 6. The van der Waals surface area contributed by atoms with Crippen LogP contribution in [0.3, 0.4) is 0 Å². The van der Waals surface area contributed by atoms with Gasteiger partial charge in [0.25, 0.3) is 0 Å². The molecule has 0 spiro atoms. The number of amides is 2. The number of hydrogen-bond donors (Lipinski definition) is 2. The van der Waals surface area contributed by atoms with Gasteiger partial charge in [0.15, 0.2) is 0 Å². The minimum absolute atomic E-state index is 0.325. The number of morpholine rings is 1. The molecule has 2 fully saturated rings. The first-order valence-electron chi connectivity index (χ1n) is 7.64. The Labute approximate surface area is 135 Å². The highest BCUT2D eigenvalue weighted by Crippen LogP contribution is 2.30. The molecule has 2 rings (SSSR count). The van der Waals surface area contributed by atoms with Gasteiger partial charge in [-0.1, -0.05) is 0 Å². The number of carbonyl (C=O) groups is 2. The lowest BCUT2D eigenvalue weighted by molar-refractivity contribution is -0.139. The fourth-order valence-electron chi connectivity index (χ4n) is 2.52. The van der Waals surface area contributed by atoms with Crippen molar-refractivity contribution in [3.8, 4) is 0 Å². The van der Waals surface area contributed by atoms with Crippen molar-refractivity contribution < 1.29 is 19.1 Å². The molecule has 2 N–H and O–H groups in total. The van der Waals surface area contributed by atoms with Crippen LogP contribution in [0.25, 0.3) is 0 Å². The van der Waals surface area contributed by atoms with Crippen LogP contribution in [0.15, 0.2) is 0 Å². The molecule has 2 heterocycles. The summed E-state index contributed by atoms with van der Waals surface area (Å²) in [6, 6.07) is 0. The van der Waals surface area contributed by atoms with Gasteiger partial charge in [-0.15, -0.1) is 0 Å². The van der Waals surface area contributed by atoms with Crippen LogP contribution in [0.4, 0.5) is 0 Å². The van der Waals surface area contributed by atoms with Crippen molar-refractivity contribution in [3.63, 3.8) is 0 Å². The Balaban J connectivity index is 1.63. The van der Waals surface area contributed by atoms with Gasteiger partial charge in [0.05, 0.1) is 18.8 Å². The molecule has 0 aliphatic carbocycles. The molecule has 7 nitrogen and oxygen atoms in total. The third-order valence-electron chi connectivity index (χ3n) is 4.09. The second kappa shape index (κ2) is 8.71. The Kier molecular flexibility index (Phi) is 6.94. The minimum Gasteiger partial charge on any atom is -0.379 e. The Morgan fingerprint density at radius 3 is 2.64 bits per heavy atom. The zero-order chi connectivity index (χ0) is 15.8. The first-order chi connectivity index (χ1) is 10.7. The average Bonchev–Trinajstić information content (AvgIpc) is 3.03. The van der Waals surface area contributed by atoms with E-state index in [-0.39, 0.29) is 5.60 Å². The molecule has 2 aliphatic rings. The molecule has 0 aromatic heterocycles. The Morgan fingerprint density at radius 2 is 2.00 bits per heavy atom. The van der Waals surface area contributed by atoms with Crippen molar-refractivity contribution in [2.45, 2.75) is 12.0 Å². The summed E-state index contributed by atoms with van der Waals surface area (Å²) in [5, 5.41) is 5.34. The van der Waals surface area contributed by atoms with E-state index in [1.165, 1.54) is 0 Å². The second-order valence-corrected chi connectivity index (χ2v) is 6.69. The Morgan fingerprint density at radius 1 is 1.27 bits per heavy atom. The summed E-state index contributed by atoms with van der Waals surface area (Å²) in [5.74, 6) is 0.707. The van der Waals surface area contributed by atoms with E-state index in [1.54, 1.807) is 18.9 Å². The number of nitrogens with zero attached hydrogens (tertiary/aromatic N) is 1. The molecule has 0 aromatic carbocycles. The maximum Gasteiger partial charge on any atom is 0.309 e. The van der Waals surface area contributed by atoms with Crippen LogP contribution in [-0.4, -0.2) is 86.9 Å². The monoisotopic (exact) mass is 331 g/mol. The molecular formula is C14H25N3O4S. The van der Waals surface area contributed by atoms with Crippen molar-refractivity contribution in [1.82, 2.24) is 15.5 Å². The lowest BCUT2D eigenvalue weighted by atomic mass is 10.0. The lowest BCUT2D eigenvalue weighted by Gasteiger charge is -2.27. The third-order valence-corrected chi connectivity index (χ3v) is 5.32. The predicted octanol–water partition coefficient (Wildman–Crippen LogP) is -0.927. The number of ether oxygens (including phenoxy) is 2. The van der Waals surface area contributed by atoms with Crippen molar-refractivity contribution >= 4 is 23.6 Å².